The normalized spacial score (nSPS) is 23.5. The number of benzene rings is 3. The minimum absolute atomic E-state index is 0.126. The van der Waals surface area contributed by atoms with Gasteiger partial charge in [0.2, 0.25) is 0 Å². The van der Waals surface area contributed by atoms with E-state index < -0.39 is 40.8 Å². The number of likely N-dealkylation sites (tertiary alicyclic amines) is 1. The van der Waals surface area contributed by atoms with Crippen molar-refractivity contribution in [2.75, 3.05) is 6.61 Å². The highest BCUT2D eigenvalue weighted by Gasteiger charge is 2.71. The zero-order valence-corrected chi connectivity index (χ0v) is 24.7. The molecule has 2 aliphatic rings. The second-order valence-electron chi connectivity index (χ2n) is 12.2. The van der Waals surface area contributed by atoms with Crippen LogP contribution in [0.4, 0.5) is 4.79 Å². The third-order valence-electron chi connectivity index (χ3n) is 8.18. The summed E-state index contributed by atoms with van der Waals surface area (Å²) in [4.78, 5) is 45.8. The van der Waals surface area contributed by atoms with Gasteiger partial charge in [-0.3, -0.25) is 9.69 Å². The van der Waals surface area contributed by atoms with Gasteiger partial charge in [-0.1, -0.05) is 97.1 Å². The molecule has 0 N–H and O–H groups in total. The molecule has 0 unspecified atom stereocenters. The summed E-state index contributed by atoms with van der Waals surface area (Å²) in [5.41, 5.74) is -0.995. The second-order valence-corrected chi connectivity index (χ2v) is 12.2. The average molecular weight is 567 g/mol. The van der Waals surface area contributed by atoms with Crippen molar-refractivity contribution >= 4 is 18.0 Å². The van der Waals surface area contributed by atoms with E-state index in [4.69, 9.17) is 9.47 Å². The summed E-state index contributed by atoms with van der Waals surface area (Å²) < 4.78 is 11.6. The molecule has 7 heteroatoms. The fourth-order valence-electron chi connectivity index (χ4n) is 6.36. The van der Waals surface area contributed by atoms with E-state index in [2.05, 4.69) is 6.58 Å². The first-order chi connectivity index (χ1) is 20.0. The summed E-state index contributed by atoms with van der Waals surface area (Å²) >= 11 is 0. The van der Waals surface area contributed by atoms with Crippen molar-refractivity contribution in [2.45, 2.75) is 69.3 Å². The molecule has 0 aliphatic carbocycles. The predicted molar refractivity (Wildman–Crippen MR) is 160 cm³/mol. The molecule has 2 fully saturated rings. The molecule has 3 aromatic rings. The van der Waals surface area contributed by atoms with Gasteiger partial charge in [0.15, 0.2) is 0 Å². The van der Waals surface area contributed by atoms with E-state index in [1.165, 1.54) is 0 Å². The number of ether oxygens (including phenoxy) is 2. The summed E-state index contributed by atoms with van der Waals surface area (Å²) in [5.74, 6) is -0.863. The Kier molecular flexibility index (Phi) is 7.71. The summed E-state index contributed by atoms with van der Waals surface area (Å²) in [5, 5.41) is 0. The molecule has 42 heavy (non-hydrogen) atoms. The fourth-order valence-corrected chi connectivity index (χ4v) is 6.36. The molecule has 218 valence electrons. The van der Waals surface area contributed by atoms with E-state index in [1.54, 1.807) is 22.8 Å². The van der Waals surface area contributed by atoms with Crippen LogP contribution < -0.4 is 0 Å². The van der Waals surface area contributed by atoms with Crippen molar-refractivity contribution in [3.8, 4) is 0 Å². The molecule has 0 bridgehead atoms. The maximum absolute atomic E-state index is 14.8. The maximum atomic E-state index is 14.8. The van der Waals surface area contributed by atoms with E-state index in [1.807, 2.05) is 112 Å². The SMILES string of the molecule is C=CC[C@](Cc1ccccc1)(C(=O)OC(C)(C)C)N1C(=O)[C@@](C)(N2C(=O)OC[C@@H]2c2ccccc2)[C@H]1c1ccccc1. The lowest BCUT2D eigenvalue weighted by molar-refractivity contribution is -0.203. The highest BCUT2D eigenvalue weighted by Crippen LogP contribution is 2.55. The maximum Gasteiger partial charge on any atom is 0.411 e. The third kappa shape index (κ3) is 4.97. The molecule has 2 saturated heterocycles. The Morgan fingerprint density at radius 2 is 1.50 bits per heavy atom. The number of hydrogen-bond donors (Lipinski definition) is 0. The van der Waals surface area contributed by atoms with Gasteiger partial charge in [-0.15, -0.1) is 6.58 Å². The smallest absolute Gasteiger partial charge is 0.411 e. The Morgan fingerprint density at radius 1 is 0.952 bits per heavy atom. The van der Waals surface area contributed by atoms with E-state index in [0.717, 1.165) is 16.7 Å². The van der Waals surface area contributed by atoms with Crippen LogP contribution in [-0.2, 0) is 25.5 Å². The molecule has 3 aromatic carbocycles. The Bertz CT molecular complexity index is 1450. The number of carbonyl (C=O) groups excluding carboxylic acids is 3. The van der Waals surface area contributed by atoms with Crippen molar-refractivity contribution < 1.29 is 23.9 Å². The van der Waals surface area contributed by atoms with Crippen LogP contribution in [0.5, 0.6) is 0 Å². The number of carbonyl (C=O) groups is 3. The Balaban J connectivity index is 1.69. The van der Waals surface area contributed by atoms with Gasteiger partial charge in [-0.05, 0) is 50.8 Å². The molecular formula is C35H38N2O5. The van der Waals surface area contributed by atoms with E-state index in [9.17, 15) is 14.4 Å². The van der Waals surface area contributed by atoms with Gasteiger partial charge in [0, 0.05) is 6.42 Å². The Hall–Kier alpha value is -4.39. The zero-order chi connectivity index (χ0) is 30.1. The monoisotopic (exact) mass is 566 g/mol. The van der Waals surface area contributed by atoms with E-state index >= 15 is 0 Å². The van der Waals surface area contributed by atoms with Crippen LogP contribution >= 0.6 is 0 Å². The quantitative estimate of drug-likeness (QED) is 0.170. The first-order valence-corrected chi connectivity index (χ1v) is 14.3. The molecule has 2 amide bonds. The second kappa shape index (κ2) is 11.1. The van der Waals surface area contributed by atoms with Crippen LogP contribution in [0.15, 0.2) is 104 Å². The number of β-lactam (4-membered cyclic amide) rings is 1. The molecule has 0 saturated carbocycles. The van der Waals surface area contributed by atoms with Gasteiger partial charge in [-0.25, -0.2) is 9.59 Å². The molecule has 0 aromatic heterocycles. The van der Waals surface area contributed by atoms with Gasteiger partial charge in [0.1, 0.15) is 23.3 Å². The lowest BCUT2D eigenvalue weighted by Crippen LogP contribution is -2.80. The van der Waals surface area contributed by atoms with Gasteiger partial charge in [0.05, 0.1) is 12.1 Å². The van der Waals surface area contributed by atoms with E-state index in [0.29, 0.717) is 0 Å². The Morgan fingerprint density at radius 3 is 2.05 bits per heavy atom. The molecule has 4 atom stereocenters. The fraction of sp³-hybridized carbons (Fsp3) is 0.343. The number of cyclic esters (lactones) is 1. The molecule has 0 radical (unpaired) electrons. The van der Waals surface area contributed by atoms with Crippen LogP contribution in [0.1, 0.15) is 62.9 Å². The average Bonchev–Trinajstić information content (AvgIpc) is 3.37. The highest BCUT2D eigenvalue weighted by molar-refractivity contribution is 6.01. The van der Waals surface area contributed by atoms with Crippen molar-refractivity contribution in [1.29, 1.82) is 0 Å². The minimum Gasteiger partial charge on any atom is -0.458 e. The lowest BCUT2D eigenvalue weighted by atomic mass is 9.68. The molecule has 5 rings (SSSR count). The van der Waals surface area contributed by atoms with Crippen LogP contribution in [0.2, 0.25) is 0 Å². The third-order valence-corrected chi connectivity index (χ3v) is 8.18. The largest absolute Gasteiger partial charge is 0.458 e. The summed E-state index contributed by atoms with van der Waals surface area (Å²) in [6.45, 7) is 11.3. The summed E-state index contributed by atoms with van der Waals surface area (Å²) in [7, 11) is 0. The van der Waals surface area contributed by atoms with Crippen molar-refractivity contribution in [2.24, 2.45) is 0 Å². The van der Waals surface area contributed by atoms with Crippen molar-refractivity contribution in [1.82, 2.24) is 9.80 Å². The van der Waals surface area contributed by atoms with Gasteiger partial charge in [-0.2, -0.15) is 0 Å². The molecule has 2 aliphatic heterocycles. The van der Waals surface area contributed by atoms with Crippen LogP contribution in [0, 0.1) is 0 Å². The van der Waals surface area contributed by atoms with Crippen LogP contribution in [0.3, 0.4) is 0 Å². The lowest BCUT2D eigenvalue weighted by Gasteiger charge is -2.63. The van der Waals surface area contributed by atoms with Crippen molar-refractivity contribution in [3.05, 3.63) is 120 Å². The molecule has 2 heterocycles. The van der Waals surface area contributed by atoms with E-state index in [-0.39, 0.29) is 25.4 Å². The number of nitrogens with zero attached hydrogens (tertiary/aromatic N) is 2. The number of rotatable bonds is 9. The topological polar surface area (TPSA) is 76.2 Å². The highest BCUT2D eigenvalue weighted by atomic mass is 16.6. The van der Waals surface area contributed by atoms with Crippen LogP contribution in [0.25, 0.3) is 0 Å². The Labute approximate surface area is 247 Å². The minimum atomic E-state index is -1.42. The van der Waals surface area contributed by atoms with Gasteiger partial charge >= 0.3 is 12.1 Å². The molecule has 7 nitrogen and oxygen atoms in total. The number of esters is 1. The molecule has 0 spiro atoms. The first kappa shape index (κ1) is 29.1. The standard InChI is InChI=1S/C35H38N2O5/c1-6-22-35(31(39)42-33(2,3)4,23-25-16-10-7-11-17-25)37-29(27-20-14-9-15-21-27)34(5,30(37)38)36-28(24-41-32(36)40)26-18-12-8-13-19-26/h6-21,28-29H,1,22-24H2,2-5H3/t28-,29-,34+,35+/m1/s1. The zero-order valence-electron chi connectivity index (χ0n) is 24.7. The molecular weight excluding hydrogens is 528 g/mol. The number of hydrogen-bond acceptors (Lipinski definition) is 5. The predicted octanol–water partition coefficient (Wildman–Crippen LogP) is 6.42. The van der Waals surface area contributed by atoms with Gasteiger partial charge in [0.25, 0.3) is 5.91 Å². The van der Waals surface area contributed by atoms with Crippen LogP contribution in [-0.4, -0.2) is 51.1 Å². The van der Waals surface area contributed by atoms with Gasteiger partial charge < -0.3 is 14.4 Å². The summed E-state index contributed by atoms with van der Waals surface area (Å²) in [6, 6.07) is 27.6. The first-order valence-electron chi connectivity index (χ1n) is 14.3. The van der Waals surface area contributed by atoms with Crippen molar-refractivity contribution in [3.63, 3.8) is 0 Å². The number of amides is 2. The summed E-state index contributed by atoms with van der Waals surface area (Å²) in [6.07, 6.45) is 1.48.